The standard InChI is InChI=1S/C11H11F3N2O2/c12-11(13,14)9-3-1-2-8(6-9)7-16-10(18)15-4-5-17/h1-3,5-6H,4,7H2,(H2,15,16,18). The summed E-state index contributed by atoms with van der Waals surface area (Å²) in [6, 6.07) is 4.04. The highest BCUT2D eigenvalue weighted by atomic mass is 19.4. The number of nitrogens with one attached hydrogen (secondary N) is 2. The fraction of sp³-hybridized carbons (Fsp3) is 0.273. The molecule has 98 valence electrons. The Morgan fingerprint density at radius 2 is 2.00 bits per heavy atom. The minimum atomic E-state index is -4.41. The van der Waals surface area contributed by atoms with Gasteiger partial charge in [-0.1, -0.05) is 12.1 Å². The summed E-state index contributed by atoms with van der Waals surface area (Å²) in [5, 5.41) is 4.54. The summed E-state index contributed by atoms with van der Waals surface area (Å²) in [5.74, 6) is 0. The molecule has 2 N–H and O–H groups in total. The lowest BCUT2D eigenvalue weighted by Crippen LogP contribution is -2.35. The SMILES string of the molecule is O=CCNC(=O)NCc1cccc(C(F)(F)F)c1. The summed E-state index contributed by atoms with van der Waals surface area (Å²) in [5.41, 5.74) is -0.443. The summed E-state index contributed by atoms with van der Waals surface area (Å²) >= 11 is 0. The van der Waals surface area contributed by atoms with Crippen LogP contribution in [0.4, 0.5) is 18.0 Å². The van der Waals surface area contributed by atoms with E-state index in [2.05, 4.69) is 10.6 Å². The van der Waals surface area contributed by atoms with E-state index in [1.807, 2.05) is 0 Å². The van der Waals surface area contributed by atoms with Crippen LogP contribution in [0.5, 0.6) is 0 Å². The van der Waals surface area contributed by atoms with Crippen molar-refractivity contribution in [1.29, 1.82) is 0 Å². The predicted molar refractivity (Wildman–Crippen MR) is 57.7 cm³/mol. The highest BCUT2D eigenvalue weighted by Crippen LogP contribution is 2.29. The second-order valence-electron chi connectivity index (χ2n) is 3.43. The van der Waals surface area contributed by atoms with Gasteiger partial charge in [-0.3, -0.25) is 0 Å². The van der Waals surface area contributed by atoms with Gasteiger partial charge in [0.1, 0.15) is 6.29 Å². The predicted octanol–water partition coefficient (Wildman–Crippen LogP) is 1.70. The fourth-order valence-corrected chi connectivity index (χ4v) is 1.24. The lowest BCUT2D eigenvalue weighted by molar-refractivity contribution is -0.137. The maximum Gasteiger partial charge on any atom is 0.416 e. The third-order valence-electron chi connectivity index (χ3n) is 2.05. The molecule has 0 aliphatic carbocycles. The Morgan fingerprint density at radius 1 is 1.28 bits per heavy atom. The summed E-state index contributed by atoms with van der Waals surface area (Å²) in [4.78, 5) is 21.0. The largest absolute Gasteiger partial charge is 0.416 e. The van der Waals surface area contributed by atoms with Gasteiger partial charge < -0.3 is 15.4 Å². The molecule has 0 saturated heterocycles. The Bertz CT molecular complexity index is 433. The Morgan fingerprint density at radius 3 is 2.61 bits per heavy atom. The number of rotatable bonds is 4. The number of aldehydes is 1. The van der Waals surface area contributed by atoms with Crippen LogP contribution in [0.25, 0.3) is 0 Å². The first-order valence-corrected chi connectivity index (χ1v) is 5.05. The minimum absolute atomic E-state index is 0.0470. The van der Waals surface area contributed by atoms with Gasteiger partial charge in [-0.15, -0.1) is 0 Å². The number of amides is 2. The van der Waals surface area contributed by atoms with E-state index >= 15 is 0 Å². The van der Waals surface area contributed by atoms with E-state index in [1.54, 1.807) is 0 Å². The Hall–Kier alpha value is -2.05. The number of alkyl halides is 3. The number of halogens is 3. The maximum absolute atomic E-state index is 12.4. The van der Waals surface area contributed by atoms with Crippen LogP contribution in [0.2, 0.25) is 0 Å². The van der Waals surface area contributed by atoms with Crippen molar-refractivity contribution in [3.05, 3.63) is 35.4 Å². The number of carbonyl (C=O) groups excluding carboxylic acids is 2. The normalized spacial score (nSPS) is 10.8. The van der Waals surface area contributed by atoms with Crippen LogP contribution < -0.4 is 10.6 Å². The molecule has 0 heterocycles. The topological polar surface area (TPSA) is 58.2 Å². The number of benzene rings is 1. The van der Waals surface area contributed by atoms with Crippen molar-refractivity contribution in [2.24, 2.45) is 0 Å². The van der Waals surface area contributed by atoms with Crippen molar-refractivity contribution in [3.63, 3.8) is 0 Å². The Balaban J connectivity index is 2.58. The average molecular weight is 260 g/mol. The molecule has 0 radical (unpaired) electrons. The number of urea groups is 1. The molecule has 0 aliphatic rings. The molecule has 1 rings (SSSR count). The second-order valence-corrected chi connectivity index (χ2v) is 3.43. The molecule has 0 aliphatic heterocycles. The molecule has 0 unspecified atom stereocenters. The highest BCUT2D eigenvalue weighted by Gasteiger charge is 2.30. The van der Waals surface area contributed by atoms with Gasteiger partial charge in [-0.25, -0.2) is 4.79 Å². The third-order valence-corrected chi connectivity index (χ3v) is 2.05. The zero-order chi connectivity index (χ0) is 13.6. The molecule has 0 saturated carbocycles. The van der Waals surface area contributed by atoms with Crippen LogP contribution in [0.3, 0.4) is 0 Å². The molecule has 4 nitrogen and oxygen atoms in total. The zero-order valence-corrected chi connectivity index (χ0v) is 9.25. The zero-order valence-electron chi connectivity index (χ0n) is 9.25. The average Bonchev–Trinajstić information content (AvgIpc) is 2.33. The molecule has 1 aromatic carbocycles. The first kappa shape index (κ1) is 14.0. The lowest BCUT2D eigenvalue weighted by Gasteiger charge is -2.09. The summed E-state index contributed by atoms with van der Waals surface area (Å²) in [7, 11) is 0. The van der Waals surface area contributed by atoms with Gasteiger partial charge in [-0.2, -0.15) is 13.2 Å². The van der Waals surface area contributed by atoms with Gasteiger partial charge >= 0.3 is 12.2 Å². The van der Waals surface area contributed by atoms with Crippen molar-refractivity contribution in [1.82, 2.24) is 10.6 Å². The van der Waals surface area contributed by atoms with Gasteiger partial charge in [0.25, 0.3) is 0 Å². The van der Waals surface area contributed by atoms with E-state index in [0.717, 1.165) is 12.1 Å². The van der Waals surface area contributed by atoms with Crippen LogP contribution in [0.1, 0.15) is 11.1 Å². The quantitative estimate of drug-likeness (QED) is 0.809. The van der Waals surface area contributed by atoms with E-state index in [0.29, 0.717) is 11.8 Å². The monoisotopic (exact) mass is 260 g/mol. The van der Waals surface area contributed by atoms with Crippen molar-refractivity contribution >= 4 is 12.3 Å². The number of hydrogen-bond donors (Lipinski definition) is 2. The fourth-order valence-electron chi connectivity index (χ4n) is 1.24. The smallest absolute Gasteiger partial charge is 0.334 e. The molecule has 0 bridgehead atoms. The molecule has 7 heteroatoms. The molecular weight excluding hydrogens is 249 g/mol. The molecule has 0 atom stereocenters. The van der Waals surface area contributed by atoms with Crippen LogP contribution in [0.15, 0.2) is 24.3 Å². The summed E-state index contributed by atoms with van der Waals surface area (Å²) in [6.45, 7) is -0.191. The van der Waals surface area contributed by atoms with E-state index in [4.69, 9.17) is 0 Å². The first-order chi connectivity index (χ1) is 8.43. The van der Waals surface area contributed by atoms with E-state index in [9.17, 15) is 22.8 Å². The van der Waals surface area contributed by atoms with E-state index in [1.165, 1.54) is 12.1 Å². The highest BCUT2D eigenvalue weighted by molar-refractivity contribution is 5.76. The molecular formula is C11H11F3N2O2. The van der Waals surface area contributed by atoms with Crippen LogP contribution in [-0.2, 0) is 17.5 Å². The van der Waals surface area contributed by atoms with Crippen LogP contribution in [0, 0.1) is 0 Å². The van der Waals surface area contributed by atoms with Gasteiger partial charge in [0, 0.05) is 6.54 Å². The van der Waals surface area contributed by atoms with Crippen molar-refractivity contribution in [2.45, 2.75) is 12.7 Å². The number of carbonyl (C=O) groups is 2. The van der Waals surface area contributed by atoms with E-state index in [-0.39, 0.29) is 13.1 Å². The molecule has 1 aromatic rings. The minimum Gasteiger partial charge on any atom is -0.334 e. The number of hydrogen-bond acceptors (Lipinski definition) is 2. The van der Waals surface area contributed by atoms with Gasteiger partial charge in [0.05, 0.1) is 12.1 Å². The Kier molecular flexibility index (Phi) is 4.70. The summed E-state index contributed by atoms with van der Waals surface area (Å²) in [6.07, 6.45) is -3.90. The maximum atomic E-state index is 12.4. The Labute approximate surface area is 101 Å². The lowest BCUT2D eigenvalue weighted by atomic mass is 10.1. The first-order valence-electron chi connectivity index (χ1n) is 5.05. The van der Waals surface area contributed by atoms with Crippen molar-refractivity contribution in [3.8, 4) is 0 Å². The molecule has 0 spiro atoms. The van der Waals surface area contributed by atoms with Crippen molar-refractivity contribution in [2.75, 3.05) is 6.54 Å². The third kappa shape index (κ3) is 4.44. The van der Waals surface area contributed by atoms with E-state index < -0.39 is 17.8 Å². The van der Waals surface area contributed by atoms with Gasteiger partial charge in [0.15, 0.2) is 0 Å². The van der Waals surface area contributed by atoms with Crippen molar-refractivity contribution < 1.29 is 22.8 Å². The van der Waals surface area contributed by atoms with Gasteiger partial charge in [0.2, 0.25) is 0 Å². The van der Waals surface area contributed by atoms with Crippen LogP contribution >= 0.6 is 0 Å². The summed E-state index contributed by atoms with van der Waals surface area (Å²) < 4.78 is 37.2. The molecule has 0 aromatic heterocycles. The van der Waals surface area contributed by atoms with Crippen LogP contribution in [-0.4, -0.2) is 18.9 Å². The molecule has 0 fully saturated rings. The van der Waals surface area contributed by atoms with Gasteiger partial charge in [-0.05, 0) is 17.7 Å². The second kappa shape index (κ2) is 6.04. The molecule has 2 amide bonds. The molecule has 18 heavy (non-hydrogen) atoms.